The van der Waals surface area contributed by atoms with Crippen LogP contribution in [0.1, 0.15) is 5.69 Å². The second kappa shape index (κ2) is 6.13. The molecule has 2 rings (SSSR count). The number of nitrogens with two attached hydrogens (primary N) is 1. The molecule has 2 aromatic rings. The van der Waals surface area contributed by atoms with Gasteiger partial charge in [0.1, 0.15) is 5.69 Å². The van der Waals surface area contributed by atoms with E-state index in [0.29, 0.717) is 4.47 Å². The summed E-state index contributed by atoms with van der Waals surface area (Å²) in [6.45, 7) is 0. The predicted octanol–water partition coefficient (Wildman–Crippen LogP) is 2.03. The maximum atomic E-state index is 10.7. The van der Waals surface area contributed by atoms with Gasteiger partial charge in [-0.2, -0.15) is 0 Å². The van der Waals surface area contributed by atoms with Crippen LogP contribution in [0.3, 0.4) is 0 Å². The molecule has 0 saturated heterocycles. The third-order valence-electron chi connectivity index (χ3n) is 2.34. The molecule has 0 amide bonds. The fraction of sp³-hybridized carbons (Fsp3) is 0. The normalized spacial score (nSPS) is 11.2. The molecule has 0 bridgehead atoms. The SMILES string of the molecule is N/C(=N/O)c1cnc(Oc2cc([N+](=O)[O-])ccc2Br)cn1. The predicted molar refractivity (Wildman–Crippen MR) is 75.4 cm³/mol. The quantitative estimate of drug-likeness (QED) is 0.282. The van der Waals surface area contributed by atoms with Gasteiger partial charge in [-0.15, -0.1) is 0 Å². The van der Waals surface area contributed by atoms with Crippen molar-refractivity contribution in [3.8, 4) is 11.6 Å². The van der Waals surface area contributed by atoms with Crippen LogP contribution in [0.15, 0.2) is 40.2 Å². The molecule has 0 saturated carbocycles. The molecule has 1 heterocycles. The standard InChI is InChI=1S/C11H8BrN5O4/c12-7-2-1-6(17(19)20)3-9(7)21-10-5-14-8(4-15-10)11(13)16-18/h1-5,18H,(H2,13,16). The topological polar surface area (TPSA) is 137 Å². The summed E-state index contributed by atoms with van der Waals surface area (Å²) in [5.41, 5.74) is 5.40. The molecule has 0 aliphatic rings. The lowest BCUT2D eigenvalue weighted by molar-refractivity contribution is -0.384. The average molecular weight is 354 g/mol. The number of ether oxygens (including phenoxy) is 1. The summed E-state index contributed by atoms with van der Waals surface area (Å²) in [6, 6.07) is 4.08. The Morgan fingerprint density at radius 1 is 1.43 bits per heavy atom. The van der Waals surface area contributed by atoms with Gasteiger partial charge in [-0.1, -0.05) is 5.16 Å². The van der Waals surface area contributed by atoms with Gasteiger partial charge in [0.2, 0.25) is 5.88 Å². The molecular formula is C11H8BrN5O4. The van der Waals surface area contributed by atoms with Crippen molar-refractivity contribution in [2.24, 2.45) is 10.9 Å². The second-order valence-electron chi connectivity index (χ2n) is 3.70. The van der Waals surface area contributed by atoms with Crippen LogP contribution in [-0.4, -0.2) is 25.9 Å². The van der Waals surface area contributed by atoms with Gasteiger partial charge in [0.05, 0.1) is 27.9 Å². The third kappa shape index (κ3) is 3.42. The summed E-state index contributed by atoms with van der Waals surface area (Å²) in [5, 5.41) is 22.0. The van der Waals surface area contributed by atoms with Crippen LogP contribution < -0.4 is 10.5 Å². The van der Waals surface area contributed by atoms with Crippen molar-refractivity contribution >= 4 is 27.5 Å². The molecule has 3 N–H and O–H groups in total. The maximum absolute atomic E-state index is 10.7. The Labute approximate surface area is 126 Å². The highest BCUT2D eigenvalue weighted by Crippen LogP contribution is 2.32. The molecule has 0 spiro atoms. The van der Waals surface area contributed by atoms with E-state index in [2.05, 4.69) is 31.1 Å². The van der Waals surface area contributed by atoms with E-state index in [0.717, 1.165) is 0 Å². The zero-order valence-corrected chi connectivity index (χ0v) is 11.9. The number of nitrogens with zero attached hydrogens (tertiary/aromatic N) is 4. The molecule has 108 valence electrons. The fourth-order valence-corrected chi connectivity index (χ4v) is 1.68. The largest absolute Gasteiger partial charge is 0.436 e. The molecule has 21 heavy (non-hydrogen) atoms. The van der Waals surface area contributed by atoms with Crippen molar-refractivity contribution in [2.45, 2.75) is 0 Å². The van der Waals surface area contributed by atoms with Crippen LogP contribution in [0.4, 0.5) is 5.69 Å². The summed E-state index contributed by atoms with van der Waals surface area (Å²) in [4.78, 5) is 18.0. The highest BCUT2D eigenvalue weighted by molar-refractivity contribution is 9.10. The van der Waals surface area contributed by atoms with Crippen LogP contribution in [0.25, 0.3) is 0 Å². The molecule has 0 fully saturated rings. The van der Waals surface area contributed by atoms with Crippen molar-refractivity contribution < 1.29 is 14.9 Å². The van der Waals surface area contributed by atoms with Gasteiger partial charge in [0.15, 0.2) is 11.6 Å². The van der Waals surface area contributed by atoms with Crippen molar-refractivity contribution in [3.63, 3.8) is 0 Å². The number of aromatic nitrogens is 2. The number of rotatable bonds is 4. The smallest absolute Gasteiger partial charge is 0.273 e. The summed E-state index contributed by atoms with van der Waals surface area (Å²) in [5.74, 6) is 0.131. The van der Waals surface area contributed by atoms with Gasteiger partial charge in [0, 0.05) is 6.07 Å². The Hall–Kier alpha value is -2.75. The molecule has 9 nitrogen and oxygen atoms in total. The van der Waals surface area contributed by atoms with Crippen molar-refractivity contribution in [1.29, 1.82) is 0 Å². The number of halogens is 1. The van der Waals surface area contributed by atoms with Gasteiger partial charge >= 0.3 is 0 Å². The molecule has 1 aromatic heterocycles. The Balaban J connectivity index is 2.26. The Kier molecular flexibility index (Phi) is 4.28. The highest BCUT2D eigenvalue weighted by Gasteiger charge is 2.12. The number of hydrogen-bond acceptors (Lipinski definition) is 7. The van der Waals surface area contributed by atoms with Crippen LogP contribution in [-0.2, 0) is 0 Å². The second-order valence-corrected chi connectivity index (χ2v) is 4.55. The van der Waals surface area contributed by atoms with Gasteiger partial charge in [0.25, 0.3) is 5.69 Å². The minimum Gasteiger partial charge on any atom is -0.436 e. The first-order chi connectivity index (χ1) is 10.0. The van der Waals surface area contributed by atoms with E-state index < -0.39 is 4.92 Å². The minimum absolute atomic E-state index is 0.102. The third-order valence-corrected chi connectivity index (χ3v) is 2.99. The van der Waals surface area contributed by atoms with E-state index in [1.165, 1.54) is 30.6 Å². The zero-order valence-electron chi connectivity index (χ0n) is 10.3. The Morgan fingerprint density at radius 2 is 2.19 bits per heavy atom. The van der Waals surface area contributed by atoms with Crippen LogP contribution in [0.2, 0.25) is 0 Å². The van der Waals surface area contributed by atoms with Crippen LogP contribution in [0.5, 0.6) is 11.6 Å². The van der Waals surface area contributed by atoms with Crippen LogP contribution >= 0.6 is 15.9 Å². The number of oxime groups is 1. The first-order valence-corrected chi connectivity index (χ1v) is 6.22. The first kappa shape index (κ1) is 14.7. The summed E-state index contributed by atoms with van der Waals surface area (Å²) >= 11 is 3.22. The summed E-state index contributed by atoms with van der Waals surface area (Å²) < 4.78 is 5.92. The van der Waals surface area contributed by atoms with E-state index in [4.69, 9.17) is 15.7 Å². The summed E-state index contributed by atoms with van der Waals surface area (Å²) in [7, 11) is 0. The molecule has 1 aromatic carbocycles. The Morgan fingerprint density at radius 3 is 2.76 bits per heavy atom. The average Bonchev–Trinajstić information content (AvgIpc) is 2.49. The van der Waals surface area contributed by atoms with Crippen molar-refractivity contribution in [3.05, 3.63) is 50.9 Å². The summed E-state index contributed by atoms with van der Waals surface area (Å²) in [6.07, 6.45) is 2.49. The van der Waals surface area contributed by atoms with E-state index >= 15 is 0 Å². The Bertz CT molecular complexity index is 704. The molecule has 0 aliphatic carbocycles. The lowest BCUT2D eigenvalue weighted by Gasteiger charge is -2.06. The van der Waals surface area contributed by atoms with E-state index in [1.54, 1.807) is 0 Å². The maximum Gasteiger partial charge on any atom is 0.273 e. The fourth-order valence-electron chi connectivity index (χ4n) is 1.35. The molecular weight excluding hydrogens is 346 g/mol. The number of non-ortho nitro benzene ring substituents is 1. The lowest BCUT2D eigenvalue weighted by Crippen LogP contribution is -2.15. The number of hydrogen-bond donors (Lipinski definition) is 2. The number of nitro benzene ring substituents is 1. The zero-order chi connectivity index (χ0) is 15.4. The molecule has 0 radical (unpaired) electrons. The molecule has 0 atom stereocenters. The van der Waals surface area contributed by atoms with Gasteiger partial charge in [-0.3, -0.25) is 10.1 Å². The van der Waals surface area contributed by atoms with E-state index in [-0.39, 0.29) is 28.8 Å². The molecule has 10 heteroatoms. The lowest BCUT2D eigenvalue weighted by atomic mass is 10.3. The van der Waals surface area contributed by atoms with Crippen molar-refractivity contribution in [1.82, 2.24) is 9.97 Å². The monoisotopic (exact) mass is 353 g/mol. The number of benzene rings is 1. The van der Waals surface area contributed by atoms with Gasteiger partial charge in [-0.25, -0.2) is 9.97 Å². The minimum atomic E-state index is -0.535. The van der Waals surface area contributed by atoms with Gasteiger partial charge in [-0.05, 0) is 22.0 Å². The first-order valence-electron chi connectivity index (χ1n) is 5.43. The molecule has 0 aliphatic heterocycles. The highest BCUT2D eigenvalue weighted by atomic mass is 79.9. The molecule has 0 unspecified atom stereocenters. The van der Waals surface area contributed by atoms with Crippen LogP contribution in [0, 0.1) is 10.1 Å². The number of amidine groups is 1. The van der Waals surface area contributed by atoms with Crippen molar-refractivity contribution in [2.75, 3.05) is 0 Å². The van der Waals surface area contributed by atoms with Gasteiger partial charge < -0.3 is 15.7 Å². The van der Waals surface area contributed by atoms with E-state index in [9.17, 15) is 10.1 Å². The number of nitro groups is 1. The van der Waals surface area contributed by atoms with E-state index in [1.807, 2.05) is 0 Å².